The van der Waals surface area contributed by atoms with Gasteiger partial charge in [0.25, 0.3) is 5.91 Å². The van der Waals surface area contributed by atoms with Crippen molar-refractivity contribution in [3.05, 3.63) is 41.3 Å². The molecule has 30 heavy (non-hydrogen) atoms. The van der Waals surface area contributed by atoms with Gasteiger partial charge in [0, 0.05) is 36.8 Å². The first-order chi connectivity index (χ1) is 14.3. The molecule has 1 aliphatic heterocycles. The summed E-state index contributed by atoms with van der Waals surface area (Å²) in [6.45, 7) is 3.68. The van der Waals surface area contributed by atoms with Crippen molar-refractivity contribution in [3.8, 4) is 11.8 Å². The first-order valence-corrected chi connectivity index (χ1v) is 11.4. The van der Waals surface area contributed by atoms with E-state index in [2.05, 4.69) is 23.3 Å². The van der Waals surface area contributed by atoms with Crippen molar-refractivity contribution in [1.82, 2.24) is 10.6 Å². The molecule has 3 atom stereocenters. The van der Waals surface area contributed by atoms with Gasteiger partial charge >= 0.3 is 0 Å². The van der Waals surface area contributed by atoms with Gasteiger partial charge in [0.2, 0.25) is 5.91 Å². The lowest BCUT2D eigenvalue weighted by atomic mass is 10.1. The molecule has 1 heterocycles. The highest BCUT2D eigenvalue weighted by Gasteiger charge is 2.35. The molecule has 3 unspecified atom stereocenters. The number of carbonyl (C=O) groups excluding carboxylic acids is 2. The van der Waals surface area contributed by atoms with Crippen LogP contribution < -0.4 is 15.4 Å². The first-order valence-electron chi connectivity index (χ1n) is 8.91. The molecule has 1 aromatic carbocycles. The Hall–Kier alpha value is -1.93. The fourth-order valence-electron chi connectivity index (χ4n) is 2.50. The van der Waals surface area contributed by atoms with Crippen LogP contribution in [-0.2, 0) is 13.8 Å². The Morgan fingerprint density at radius 2 is 2.30 bits per heavy atom. The molecular weight excluding hydrogens is 453 g/mol. The minimum absolute atomic E-state index is 0.0346. The number of amides is 2. The molecule has 0 aliphatic carbocycles. The Labute approximate surface area is 187 Å². The molecule has 1 aliphatic rings. The lowest BCUT2D eigenvalue weighted by Gasteiger charge is -2.29. The van der Waals surface area contributed by atoms with Crippen LogP contribution in [0.25, 0.3) is 0 Å². The van der Waals surface area contributed by atoms with Crippen molar-refractivity contribution >= 4 is 47.2 Å². The molecule has 2 rings (SSSR count). The van der Waals surface area contributed by atoms with E-state index in [-0.39, 0.29) is 41.2 Å². The van der Waals surface area contributed by atoms with E-state index >= 15 is 0 Å². The second-order valence-electron chi connectivity index (χ2n) is 6.31. The van der Waals surface area contributed by atoms with Gasteiger partial charge in [-0.05, 0) is 24.8 Å². The van der Waals surface area contributed by atoms with Crippen LogP contribution in [0.3, 0.4) is 0 Å². The summed E-state index contributed by atoms with van der Waals surface area (Å²) in [7, 11) is 0. The van der Waals surface area contributed by atoms with Gasteiger partial charge in [-0.2, -0.15) is 5.26 Å². The minimum atomic E-state index is -0.638. The quantitative estimate of drug-likeness (QED) is 0.531. The average molecular weight is 474 g/mol. The smallest absolute Gasteiger partial charge is 0.262 e. The van der Waals surface area contributed by atoms with Gasteiger partial charge in [-0.25, -0.2) is 4.39 Å². The predicted molar refractivity (Wildman–Crippen MR) is 115 cm³/mol. The third-order valence-corrected chi connectivity index (χ3v) is 6.33. The average Bonchev–Trinajstić information content (AvgIpc) is 2.73. The molecule has 1 saturated heterocycles. The second kappa shape index (κ2) is 12.1. The van der Waals surface area contributed by atoms with Gasteiger partial charge in [0.1, 0.15) is 22.3 Å². The molecule has 162 valence electrons. The maximum Gasteiger partial charge on any atom is 0.262 e. The zero-order chi connectivity index (χ0) is 22.1. The van der Waals surface area contributed by atoms with E-state index in [1.54, 1.807) is 0 Å². The second-order valence-corrected chi connectivity index (χ2v) is 8.61. The van der Waals surface area contributed by atoms with Crippen LogP contribution in [0, 0.1) is 23.1 Å². The van der Waals surface area contributed by atoms with E-state index < -0.39 is 17.0 Å². The molecule has 7 nitrogen and oxygen atoms in total. The zero-order valence-corrected chi connectivity index (χ0v) is 18.5. The van der Waals surface area contributed by atoms with E-state index in [0.717, 1.165) is 18.1 Å². The van der Waals surface area contributed by atoms with Crippen LogP contribution in [0.1, 0.15) is 12.8 Å². The molecule has 1 aromatic rings. The summed E-state index contributed by atoms with van der Waals surface area (Å²) in [4.78, 5) is 24.2. The van der Waals surface area contributed by atoms with Crippen LogP contribution in [0.15, 0.2) is 30.5 Å². The van der Waals surface area contributed by atoms with Crippen molar-refractivity contribution in [3.63, 3.8) is 0 Å². The number of carbonyl (C=O) groups is 2. The van der Waals surface area contributed by atoms with E-state index in [1.165, 1.54) is 23.9 Å². The third-order valence-electron chi connectivity index (χ3n) is 4.06. The maximum atomic E-state index is 13.3. The van der Waals surface area contributed by atoms with Gasteiger partial charge in [-0.1, -0.05) is 18.2 Å². The summed E-state index contributed by atoms with van der Waals surface area (Å²) in [5.74, 6) is -1.50. The van der Waals surface area contributed by atoms with Gasteiger partial charge in [0.15, 0.2) is 6.61 Å². The molecule has 0 spiro atoms. The highest BCUT2D eigenvalue weighted by atomic mass is 35.5. The van der Waals surface area contributed by atoms with Crippen LogP contribution in [0.2, 0.25) is 5.02 Å². The first kappa shape index (κ1) is 24.3. The van der Waals surface area contributed by atoms with Gasteiger partial charge in [-0.3, -0.25) is 13.8 Å². The number of thioether (sulfide) groups is 1. The summed E-state index contributed by atoms with van der Waals surface area (Å²) >= 11 is 8.10. The Kier molecular flexibility index (Phi) is 9.78. The third kappa shape index (κ3) is 7.40. The molecule has 0 bridgehead atoms. The van der Waals surface area contributed by atoms with Crippen molar-refractivity contribution in [2.75, 3.05) is 19.4 Å². The lowest BCUT2D eigenvalue weighted by molar-refractivity contribution is -0.122. The van der Waals surface area contributed by atoms with Gasteiger partial charge in [-0.15, -0.1) is 11.8 Å². The predicted octanol–water partition coefficient (Wildman–Crippen LogP) is 3.26. The van der Waals surface area contributed by atoms with E-state index in [0.29, 0.717) is 18.5 Å². The highest BCUT2D eigenvalue weighted by Crippen LogP contribution is 2.36. The number of hydrogen-bond donors (Lipinski definition) is 2. The Bertz CT molecular complexity index is 836. The molecule has 1 fully saturated rings. The summed E-state index contributed by atoms with van der Waals surface area (Å²) in [6, 6.07) is 6.05. The lowest BCUT2D eigenvalue weighted by Crippen LogP contribution is -2.39. The largest absolute Gasteiger partial charge is 0.484 e. The summed E-state index contributed by atoms with van der Waals surface area (Å²) in [6.07, 6.45) is 2.59. The van der Waals surface area contributed by atoms with E-state index in [9.17, 15) is 19.2 Å². The number of rotatable bonds is 9. The molecule has 11 heteroatoms. The summed E-state index contributed by atoms with van der Waals surface area (Å²) in [5.41, 5.74) is 0.154. The summed E-state index contributed by atoms with van der Waals surface area (Å²) in [5, 5.41) is 14.0. The van der Waals surface area contributed by atoms with Crippen molar-refractivity contribution in [2.24, 2.45) is 5.92 Å². The number of nitrogens with zero attached hydrogens (tertiary/aromatic N) is 1. The van der Waals surface area contributed by atoms with Crippen LogP contribution in [0.5, 0.6) is 5.75 Å². The van der Waals surface area contributed by atoms with Gasteiger partial charge in [0.05, 0.1) is 17.0 Å². The van der Waals surface area contributed by atoms with Crippen molar-refractivity contribution in [2.45, 2.75) is 23.5 Å². The van der Waals surface area contributed by atoms with Crippen LogP contribution >= 0.6 is 35.4 Å². The monoisotopic (exact) mass is 473 g/mol. The number of benzene rings is 1. The van der Waals surface area contributed by atoms with Crippen molar-refractivity contribution < 1.29 is 22.9 Å². The fraction of sp³-hybridized carbons (Fsp3) is 0.421. The Balaban J connectivity index is 1.66. The molecular formula is C19H21ClFN3O4S2. The minimum Gasteiger partial charge on any atom is -0.484 e. The molecule has 0 aromatic heterocycles. The fourth-order valence-corrected chi connectivity index (χ4v) is 4.40. The Morgan fingerprint density at radius 3 is 2.97 bits per heavy atom. The number of ether oxygens (including phenoxy) is 1. The molecule has 2 N–H and O–H groups in total. The maximum absolute atomic E-state index is 13.3. The normalized spacial score (nSPS) is 20.7. The van der Waals surface area contributed by atoms with Crippen LogP contribution in [0.4, 0.5) is 4.39 Å². The topological polar surface area (TPSA) is 100 Å². The number of nitrogens with one attached hydrogen (secondary N) is 2. The zero-order valence-electron chi connectivity index (χ0n) is 16.2. The van der Waals surface area contributed by atoms with Crippen LogP contribution in [-0.4, -0.2) is 41.9 Å². The molecule has 0 radical (unpaired) electrons. The molecule has 2 amide bonds. The highest BCUT2D eigenvalue weighted by molar-refractivity contribution is 8.01. The number of hydrogen-bond acceptors (Lipinski definition) is 7. The van der Waals surface area contributed by atoms with Gasteiger partial charge < -0.3 is 15.4 Å². The SMILES string of the molecule is C=C(CCNC(=O)C1CC(C#N)C(SC)OS1)NC(=O)COc1ccc(Cl)c(F)c1. The van der Waals surface area contributed by atoms with Crippen molar-refractivity contribution in [1.29, 1.82) is 5.26 Å². The number of nitriles is 1. The van der Waals surface area contributed by atoms with E-state index in [1.807, 2.05) is 6.26 Å². The standard InChI is InChI=1S/C19H21ClFN3O4S2/c1-11(24-17(25)10-27-13-3-4-14(20)15(21)8-13)5-6-23-18(26)16-7-12(9-22)19(29-2)28-30-16/h3-4,8,12,16,19H,1,5-7,10H2,2H3,(H,23,26)(H,24,25). The number of halogens is 2. The Morgan fingerprint density at radius 1 is 1.53 bits per heavy atom. The summed E-state index contributed by atoms with van der Waals surface area (Å²) < 4.78 is 24.0. The molecule has 0 saturated carbocycles. The van der Waals surface area contributed by atoms with E-state index in [4.69, 9.17) is 20.5 Å².